The first-order valence-corrected chi connectivity index (χ1v) is 8.72. The standard InChI is InChI=1S/C17H24N2OS/c1-3-4-14(2)17(20)18-13-15-5-7-16(8-6-15)19-9-11-21-12-10-19/h4-8H,3,9-13H2,1-2H3,(H,18,20). The Morgan fingerprint density at radius 1 is 1.29 bits per heavy atom. The molecule has 0 atom stereocenters. The fourth-order valence-corrected chi connectivity index (χ4v) is 3.27. The number of anilines is 1. The molecule has 1 aromatic rings. The van der Waals surface area contributed by atoms with Crippen molar-refractivity contribution < 1.29 is 4.79 Å². The van der Waals surface area contributed by atoms with Gasteiger partial charge in [-0.15, -0.1) is 0 Å². The van der Waals surface area contributed by atoms with Crippen LogP contribution in [-0.2, 0) is 11.3 Å². The monoisotopic (exact) mass is 304 g/mol. The Labute approximate surface area is 131 Å². The van der Waals surface area contributed by atoms with Gasteiger partial charge in [0.1, 0.15) is 0 Å². The Hall–Kier alpha value is -1.42. The topological polar surface area (TPSA) is 32.3 Å². The molecule has 0 saturated carbocycles. The van der Waals surface area contributed by atoms with Crippen LogP contribution < -0.4 is 10.2 Å². The van der Waals surface area contributed by atoms with Crippen LogP contribution in [0.3, 0.4) is 0 Å². The van der Waals surface area contributed by atoms with Crippen molar-refractivity contribution in [2.24, 2.45) is 0 Å². The molecule has 1 aliphatic rings. The first-order valence-electron chi connectivity index (χ1n) is 7.57. The molecule has 1 heterocycles. The number of carbonyl (C=O) groups excluding carboxylic acids is 1. The predicted octanol–water partition coefficient (Wildman–Crippen LogP) is 3.21. The van der Waals surface area contributed by atoms with E-state index in [9.17, 15) is 4.79 Å². The maximum atomic E-state index is 11.8. The van der Waals surface area contributed by atoms with E-state index in [4.69, 9.17) is 0 Å². The summed E-state index contributed by atoms with van der Waals surface area (Å²) >= 11 is 2.02. The number of hydrogen-bond donors (Lipinski definition) is 1. The molecule has 0 unspecified atom stereocenters. The zero-order valence-corrected chi connectivity index (χ0v) is 13.7. The Balaban J connectivity index is 1.87. The average Bonchev–Trinajstić information content (AvgIpc) is 2.54. The molecule has 0 radical (unpaired) electrons. The van der Waals surface area contributed by atoms with E-state index >= 15 is 0 Å². The van der Waals surface area contributed by atoms with Crippen LogP contribution in [0.2, 0.25) is 0 Å². The van der Waals surface area contributed by atoms with Gasteiger partial charge in [0.2, 0.25) is 5.91 Å². The second-order valence-electron chi connectivity index (χ2n) is 5.24. The summed E-state index contributed by atoms with van der Waals surface area (Å²) in [5, 5.41) is 2.96. The summed E-state index contributed by atoms with van der Waals surface area (Å²) < 4.78 is 0. The lowest BCUT2D eigenvalue weighted by atomic mass is 10.1. The van der Waals surface area contributed by atoms with Crippen molar-refractivity contribution in [3.8, 4) is 0 Å². The third kappa shape index (κ3) is 4.81. The lowest BCUT2D eigenvalue weighted by molar-refractivity contribution is -0.117. The van der Waals surface area contributed by atoms with Crippen molar-refractivity contribution in [3.05, 3.63) is 41.5 Å². The molecule has 2 rings (SSSR count). The first-order chi connectivity index (χ1) is 10.2. The number of nitrogens with zero attached hydrogens (tertiary/aromatic N) is 1. The molecule has 21 heavy (non-hydrogen) atoms. The third-order valence-corrected chi connectivity index (χ3v) is 4.58. The lowest BCUT2D eigenvalue weighted by Crippen LogP contribution is -2.32. The van der Waals surface area contributed by atoms with Crippen molar-refractivity contribution in [2.75, 3.05) is 29.5 Å². The van der Waals surface area contributed by atoms with Crippen LogP contribution in [0.25, 0.3) is 0 Å². The molecule has 114 valence electrons. The number of hydrogen-bond acceptors (Lipinski definition) is 3. The Kier molecular flexibility index (Phi) is 6.18. The van der Waals surface area contributed by atoms with Gasteiger partial charge in [-0.05, 0) is 31.0 Å². The Bertz CT molecular complexity index is 490. The molecule has 0 aliphatic carbocycles. The van der Waals surface area contributed by atoms with E-state index < -0.39 is 0 Å². The van der Waals surface area contributed by atoms with Gasteiger partial charge in [0, 0.05) is 42.4 Å². The molecular formula is C17H24N2OS. The summed E-state index contributed by atoms with van der Waals surface area (Å²) in [5.74, 6) is 2.44. The van der Waals surface area contributed by atoms with Gasteiger partial charge in [-0.25, -0.2) is 0 Å². The van der Waals surface area contributed by atoms with Crippen molar-refractivity contribution >= 4 is 23.4 Å². The molecule has 0 aromatic heterocycles. The van der Waals surface area contributed by atoms with Crippen LogP contribution in [0.15, 0.2) is 35.9 Å². The number of benzene rings is 1. The Morgan fingerprint density at radius 2 is 1.95 bits per heavy atom. The van der Waals surface area contributed by atoms with Crippen LogP contribution in [0.5, 0.6) is 0 Å². The normalized spacial score (nSPS) is 15.9. The fraction of sp³-hybridized carbons (Fsp3) is 0.471. The SMILES string of the molecule is CCC=C(C)C(=O)NCc1ccc(N2CCSCC2)cc1. The number of carbonyl (C=O) groups is 1. The number of nitrogens with one attached hydrogen (secondary N) is 1. The molecule has 1 amide bonds. The van der Waals surface area contributed by atoms with E-state index in [0.717, 1.165) is 30.6 Å². The van der Waals surface area contributed by atoms with Crippen LogP contribution in [0.1, 0.15) is 25.8 Å². The zero-order chi connectivity index (χ0) is 15.1. The van der Waals surface area contributed by atoms with E-state index in [1.807, 2.05) is 31.7 Å². The van der Waals surface area contributed by atoms with Gasteiger partial charge in [0.25, 0.3) is 0 Å². The van der Waals surface area contributed by atoms with Crippen molar-refractivity contribution in [1.29, 1.82) is 0 Å². The number of amides is 1. The van der Waals surface area contributed by atoms with Gasteiger partial charge in [0.05, 0.1) is 0 Å². The average molecular weight is 304 g/mol. The van der Waals surface area contributed by atoms with Gasteiger partial charge < -0.3 is 10.2 Å². The van der Waals surface area contributed by atoms with E-state index in [2.05, 4.69) is 34.5 Å². The fourth-order valence-electron chi connectivity index (χ4n) is 2.37. The molecule has 0 bridgehead atoms. The second-order valence-corrected chi connectivity index (χ2v) is 6.47. The highest BCUT2D eigenvalue weighted by Crippen LogP contribution is 2.19. The molecular weight excluding hydrogens is 280 g/mol. The number of allylic oxidation sites excluding steroid dienone is 1. The molecule has 1 aromatic carbocycles. The van der Waals surface area contributed by atoms with Crippen molar-refractivity contribution in [1.82, 2.24) is 5.32 Å². The minimum atomic E-state index is 0.0222. The van der Waals surface area contributed by atoms with Gasteiger partial charge >= 0.3 is 0 Å². The quantitative estimate of drug-likeness (QED) is 0.848. The van der Waals surface area contributed by atoms with Crippen molar-refractivity contribution in [2.45, 2.75) is 26.8 Å². The molecule has 0 spiro atoms. The maximum Gasteiger partial charge on any atom is 0.246 e. The van der Waals surface area contributed by atoms with Crippen LogP contribution in [0.4, 0.5) is 5.69 Å². The minimum Gasteiger partial charge on any atom is -0.370 e. The van der Waals surface area contributed by atoms with E-state index in [1.165, 1.54) is 17.2 Å². The molecule has 1 saturated heterocycles. The summed E-state index contributed by atoms with van der Waals surface area (Å²) in [6, 6.07) is 8.53. The molecule has 1 fully saturated rings. The maximum absolute atomic E-state index is 11.8. The van der Waals surface area contributed by atoms with Crippen LogP contribution in [0, 0.1) is 0 Å². The second kappa shape index (κ2) is 8.13. The van der Waals surface area contributed by atoms with E-state index in [1.54, 1.807) is 0 Å². The van der Waals surface area contributed by atoms with Crippen molar-refractivity contribution in [3.63, 3.8) is 0 Å². The summed E-state index contributed by atoms with van der Waals surface area (Å²) in [6.45, 7) is 6.73. The summed E-state index contributed by atoms with van der Waals surface area (Å²) in [7, 11) is 0. The van der Waals surface area contributed by atoms with E-state index in [-0.39, 0.29) is 5.91 Å². The molecule has 1 N–H and O–H groups in total. The van der Waals surface area contributed by atoms with Crippen LogP contribution in [-0.4, -0.2) is 30.5 Å². The van der Waals surface area contributed by atoms with Gasteiger partial charge in [-0.3, -0.25) is 4.79 Å². The van der Waals surface area contributed by atoms with Crippen LogP contribution >= 0.6 is 11.8 Å². The first kappa shape index (κ1) is 16.0. The lowest BCUT2D eigenvalue weighted by Gasteiger charge is -2.28. The summed E-state index contributed by atoms with van der Waals surface area (Å²) in [4.78, 5) is 14.3. The minimum absolute atomic E-state index is 0.0222. The summed E-state index contributed by atoms with van der Waals surface area (Å²) in [5.41, 5.74) is 3.22. The molecule has 3 nitrogen and oxygen atoms in total. The smallest absolute Gasteiger partial charge is 0.246 e. The highest BCUT2D eigenvalue weighted by Gasteiger charge is 2.10. The van der Waals surface area contributed by atoms with E-state index in [0.29, 0.717) is 6.54 Å². The van der Waals surface area contributed by atoms with Gasteiger partial charge in [-0.2, -0.15) is 11.8 Å². The zero-order valence-electron chi connectivity index (χ0n) is 12.9. The largest absolute Gasteiger partial charge is 0.370 e. The number of rotatable bonds is 5. The molecule has 1 aliphatic heterocycles. The number of thioether (sulfide) groups is 1. The van der Waals surface area contributed by atoms with Gasteiger partial charge in [-0.1, -0.05) is 25.1 Å². The summed E-state index contributed by atoms with van der Waals surface area (Å²) in [6.07, 6.45) is 2.84. The predicted molar refractivity (Wildman–Crippen MR) is 91.9 cm³/mol. The third-order valence-electron chi connectivity index (χ3n) is 3.63. The Morgan fingerprint density at radius 3 is 2.57 bits per heavy atom. The highest BCUT2D eigenvalue weighted by molar-refractivity contribution is 7.99. The highest BCUT2D eigenvalue weighted by atomic mass is 32.2. The van der Waals surface area contributed by atoms with Gasteiger partial charge in [0.15, 0.2) is 0 Å². The molecule has 4 heteroatoms.